The third-order valence-electron chi connectivity index (χ3n) is 5.45. The number of esters is 1. The Balaban J connectivity index is 1.60. The highest BCUT2D eigenvalue weighted by Crippen LogP contribution is 2.24. The van der Waals surface area contributed by atoms with E-state index in [1.165, 1.54) is 0 Å². The molecule has 0 aromatic heterocycles. The van der Waals surface area contributed by atoms with Gasteiger partial charge in [0.25, 0.3) is 11.8 Å². The molecule has 1 fully saturated rings. The summed E-state index contributed by atoms with van der Waals surface area (Å²) in [7, 11) is 0. The average Bonchev–Trinajstić information content (AvgIpc) is 2.91. The zero-order valence-electron chi connectivity index (χ0n) is 16.8. The SMILES string of the molecule is CCCCCCCC1(C)NC(=O)N(NC(=O)C2Cc3ccccc3C(=O)O2)C1=O. The second-order valence-electron chi connectivity index (χ2n) is 7.80. The number of urea groups is 1. The van der Waals surface area contributed by atoms with Crippen LogP contribution in [-0.2, 0) is 20.7 Å². The number of hydrogen-bond acceptors (Lipinski definition) is 5. The van der Waals surface area contributed by atoms with Crippen molar-refractivity contribution in [1.82, 2.24) is 15.8 Å². The maximum atomic E-state index is 12.8. The Kier molecular flexibility index (Phi) is 6.20. The molecule has 2 aliphatic rings. The maximum absolute atomic E-state index is 12.8. The molecule has 8 nitrogen and oxygen atoms in total. The number of fused-ring (bicyclic) bond motifs is 1. The first-order valence-electron chi connectivity index (χ1n) is 10.1. The predicted molar refractivity (Wildman–Crippen MR) is 105 cm³/mol. The Labute approximate surface area is 169 Å². The Morgan fingerprint density at radius 3 is 2.69 bits per heavy atom. The van der Waals surface area contributed by atoms with Gasteiger partial charge in [0.05, 0.1) is 5.56 Å². The summed E-state index contributed by atoms with van der Waals surface area (Å²) in [5, 5.41) is 3.37. The topological polar surface area (TPSA) is 105 Å². The van der Waals surface area contributed by atoms with Crippen molar-refractivity contribution in [2.24, 2.45) is 0 Å². The predicted octanol–water partition coefficient (Wildman–Crippen LogP) is 2.47. The van der Waals surface area contributed by atoms with Crippen LogP contribution in [0.5, 0.6) is 0 Å². The molecule has 0 aliphatic carbocycles. The molecular formula is C21H27N3O5. The van der Waals surface area contributed by atoms with Gasteiger partial charge < -0.3 is 10.1 Å². The summed E-state index contributed by atoms with van der Waals surface area (Å²) in [6, 6.07) is 6.20. The van der Waals surface area contributed by atoms with Crippen molar-refractivity contribution >= 4 is 23.8 Å². The number of carbonyl (C=O) groups excluding carboxylic acids is 4. The fourth-order valence-electron chi connectivity index (χ4n) is 3.70. The van der Waals surface area contributed by atoms with Crippen molar-refractivity contribution in [3.63, 3.8) is 0 Å². The first kappa shape index (κ1) is 20.8. The molecule has 0 spiro atoms. The minimum Gasteiger partial charge on any atom is -0.448 e. The van der Waals surface area contributed by atoms with Crippen LogP contribution >= 0.6 is 0 Å². The lowest BCUT2D eigenvalue weighted by Crippen LogP contribution is -2.53. The highest BCUT2D eigenvalue weighted by atomic mass is 16.5. The highest BCUT2D eigenvalue weighted by molar-refractivity contribution is 6.08. The standard InChI is InChI=1S/C21H27N3O5/c1-3-4-5-6-9-12-21(2)19(27)24(20(28)22-21)23-17(25)16-13-14-10-7-8-11-15(14)18(26)29-16/h7-8,10-11,16H,3-6,9,12-13H2,1-2H3,(H,22,28)(H,23,25). The minimum atomic E-state index is -1.10. The van der Waals surface area contributed by atoms with Crippen molar-refractivity contribution in [3.05, 3.63) is 35.4 Å². The van der Waals surface area contributed by atoms with E-state index >= 15 is 0 Å². The number of benzene rings is 1. The van der Waals surface area contributed by atoms with Crippen LogP contribution in [0, 0.1) is 0 Å². The third kappa shape index (κ3) is 4.41. The van der Waals surface area contributed by atoms with Crippen LogP contribution in [0.2, 0.25) is 0 Å². The molecule has 8 heteroatoms. The van der Waals surface area contributed by atoms with Crippen molar-refractivity contribution in [2.45, 2.75) is 70.4 Å². The molecule has 2 aliphatic heterocycles. The van der Waals surface area contributed by atoms with Crippen LogP contribution in [0.4, 0.5) is 4.79 Å². The fourth-order valence-corrected chi connectivity index (χ4v) is 3.70. The number of nitrogens with zero attached hydrogens (tertiary/aromatic N) is 1. The van der Waals surface area contributed by atoms with Crippen LogP contribution in [0.25, 0.3) is 0 Å². The summed E-state index contributed by atoms with van der Waals surface area (Å²) in [6.45, 7) is 3.79. The van der Waals surface area contributed by atoms with E-state index in [0.29, 0.717) is 22.6 Å². The van der Waals surface area contributed by atoms with Crippen molar-refractivity contribution < 1.29 is 23.9 Å². The zero-order valence-corrected chi connectivity index (χ0v) is 16.8. The summed E-state index contributed by atoms with van der Waals surface area (Å²) >= 11 is 0. The van der Waals surface area contributed by atoms with E-state index in [-0.39, 0.29) is 6.42 Å². The Morgan fingerprint density at radius 1 is 1.21 bits per heavy atom. The van der Waals surface area contributed by atoms with E-state index in [1.807, 2.05) is 0 Å². The van der Waals surface area contributed by atoms with Crippen LogP contribution in [-0.4, -0.2) is 40.5 Å². The number of unbranched alkanes of at least 4 members (excludes halogenated alkanes) is 4. The lowest BCUT2D eigenvalue weighted by atomic mass is 9.94. The fraction of sp³-hybridized carbons (Fsp3) is 0.524. The number of rotatable bonds is 8. The molecule has 29 heavy (non-hydrogen) atoms. The van der Waals surface area contributed by atoms with Gasteiger partial charge in [0.15, 0.2) is 6.10 Å². The molecule has 2 heterocycles. The van der Waals surface area contributed by atoms with Gasteiger partial charge >= 0.3 is 12.0 Å². The second-order valence-corrected chi connectivity index (χ2v) is 7.80. The van der Waals surface area contributed by atoms with Gasteiger partial charge in [-0.3, -0.25) is 15.0 Å². The van der Waals surface area contributed by atoms with E-state index in [9.17, 15) is 19.2 Å². The molecule has 1 aromatic rings. The van der Waals surface area contributed by atoms with Gasteiger partial charge in [-0.25, -0.2) is 9.59 Å². The monoisotopic (exact) mass is 401 g/mol. The Morgan fingerprint density at radius 2 is 1.93 bits per heavy atom. The summed E-state index contributed by atoms with van der Waals surface area (Å²) < 4.78 is 5.19. The smallest absolute Gasteiger partial charge is 0.344 e. The highest BCUT2D eigenvalue weighted by Gasteiger charge is 2.49. The van der Waals surface area contributed by atoms with E-state index in [1.54, 1.807) is 31.2 Å². The van der Waals surface area contributed by atoms with Gasteiger partial charge in [0, 0.05) is 6.42 Å². The van der Waals surface area contributed by atoms with Gasteiger partial charge in [-0.2, -0.15) is 5.01 Å². The number of amides is 4. The molecule has 2 unspecified atom stereocenters. The number of ether oxygens (including phenoxy) is 1. The number of hydrogen-bond donors (Lipinski definition) is 2. The van der Waals surface area contributed by atoms with E-state index in [4.69, 9.17) is 4.74 Å². The first-order valence-corrected chi connectivity index (χ1v) is 10.1. The number of nitrogens with one attached hydrogen (secondary N) is 2. The van der Waals surface area contributed by atoms with Crippen LogP contribution in [0.1, 0.15) is 68.3 Å². The molecule has 1 saturated heterocycles. The summed E-state index contributed by atoms with van der Waals surface area (Å²) in [6.07, 6.45) is 4.73. The maximum Gasteiger partial charge on any atom is 0.344 e. The van der Waals surface area contributed by atoms with Crippen molar-refractivity contribution in [3.8, 4) is 0 Å². The van der Waals surface area contributed by atoms with E-state index in [2.05, 4.69) is 17.7 Å². The number of imide groups is 1. The molecule has 0 bridgehead atoms. The van der Waals surface area contributed by atoms with Gasteiger partial charge in [-0.1, -0.05) is 57.2 Å². The number of carbonyl (C=O) groups is 4. The number of cyclic esters (lactones) is 1. The molecule has 3 rings (SSSR count). The molecule has 0 saturated carbocycles. The summed E-state index contributed by atoms with van der Waals surface area (Å²) in [5.74, 6) is -1.81. The molecule has 4 amide bonds. The third-order valence-corrected chi connectivity index (χ3v) is 5.45. The Bertz CT molecular complexity index is 824. The lowest BCUT2D eigenvalue weighted by molar-refractivity contribution is -0.142. The summed E-state index contributed by atoms with van der Waals surface area (Å²) in [4.78, 5) is 49.7. The Hall–Kier alpha value is -2.90. The van der Waals surface area contributed by atoms with Crippen molar-refractivity contribution in [2.75, 3.05) is 0 Å². The minimum absolute atomic E-state index is 0.187. The molecule has 2 N–H and O–H groups in total. The quantitative estimate of drug-likeness (QED) is 0.396. The van der Waals surface area contributed by atoms with Crippen LogP contribution in [0.3, 0.4) is 0 Å². The largest absolute Gasteiger partial charge is 0.448 e. The molecule has 2 atom stereocenters. The second kappa shape index (κ2) is 8.63. The normalized spacial score (nSPS) is 23.4. The van der Waals surface area contributed by atoms with E-state index < -0.39 is 35.5 Å². The molecule has 156 valence electrons. The van der Waals surface area contributed by atoms with Gasteiger partial charge in [0.2, 0.25) is 0 Å². The number of hydrazine groups is 1. The van der Waals surface area contributed by atoms with Crippen molar-refractivity contribution in [1.29, 1.82) is 0 Å². The van der Waals surface area contributed by atoms with Gasteiger partial charge in [-0.05, 0) is 25.0 Å². The van der Waals surface area contributed by atoms with Crippen LogP contribution in [0.15, 0.2) is 24.3 Å². The molecule has 1 aromatic carbocycles. The van der Waals surface area contributed by atoms with Gasteiger partial charge in [-0.15, -0.1) is 0 Å². The molecular weight excluding hydrogens is 374 g/mol. The zero-order chi connectivity index (χ0) is 21.0. The van der Waals surface area contributed by atoms with Crippen LogP contribution < -0.4 is 10.7 Å². The van der Waals surface area contributed by atoms with Gasteiger partial charge in [0.1, 0.15) is 5.54 Å². The summed E-state index contributed by atoms with van der Waals surface area (Å²) in [5.41, 5.74) is 2.38. The molecule has 0 radical (unpaired) electrons. The average molecular weight is 401 g/mol. The van der Waals surface area contributed by atoms with E-state index in [0.717, 1.165) is 32.1 Å². The first-order chi connectivity index (χ1) is 13.9. The lowest BCUT2D eigenvalue weighted by Gasteiger charge is -2.26.